The first-order chi connectivity index (χ1) is 11.7. The summed E-state index contributed by atoms with van der Waals surface area (Å²) in [4.78, 5) is 0. The van der Waals surface area contributed by atoms with E-state index in [-0.39, 0.29) is 0 Å². The standard InChI is InChI=1S/C24H34/c1-5-8-10-21(7-3)24(22-15-11-19(4)12-16-22)23-17-13-20(9-6-2)14-18-23/h11-18,21,24H,5-10H2,1-4H3. The van der Waals surface area contributed by atoms with Crippen molar-refractivity contribution in [3.8, 4) is 0 Å². The van der Waals surface area contributed by atoms with Crippen molar-refractivity contribution in [3.05, 3.63) is 70.8 Å². The van der Waals surface area contributed by atoms with E-state index in [0.717, 1.165) is 5.92 Å². The first-order valence-corrected chi connectivity index (χ1v) is 9.84. The third-order valence-corrected chi connectivity index (χ3v) is 5.24. The third kappa shape index (κ3) is 4.97. The molecule has 0 aliphatic heterocycles. The minimum Gasteiger partial charge on any atom is -0.0654 e. The van der Waals surface area contributed by atoms with Crippen molar-refractivity contribution in [1.82, 2.24) is 0 Å². The lowest BCUT2D eigenvalue weighted by Crippen LogP contribution is -2.14. The Morgan fingerprint density at radius 2 is 1.33 bits per heavy atom. The van der Waals surface area contributed by atoms with E-state index in [1.165, 1.54) is 60.8 Å². The lowest BCUT2D eigenvalue weighted by atomic mass is 9.76. The summed E-state index contributed by atoms with van der Waals surface area (Å²) in [5.41, 5.74) is 5.77. The molecule has 0 spiro atoms. The third-order valence-electron chi connectivity index (χ3n) is 5.24. The SMILES string of the molecule is CCCCC(CC)C(c1ccc(C)cc1)c1ccc(CCC)cc1. The van der Waals surface area contributed by atoms with Crippen LogP contribution in [0.2, 0.25) is 0 Å². The van der Waals surface area contributed by atoms with E-state index in [2.05, 4.69) is 76.2 Å². The van der Waals surface area contributed by atoms with Gasteiger partial charge >= 0.3 is 0 Å². The van der Waals surface area contributed by atoms with Crippen LogP contribution in [0.1, 0.15) is 81.0 Å². The molecule has 2 rings (SSSR count). The monoisotopic (exact) mass is 322 g/mol. The molecule has 0 aliphatic carbocycles. The zero-order valence-corrected chi connectivity index (χ0v) is 16.0. The molecule has 0 nitrogen and oxygen atoms in total. The van der Waals surface area contributed by atoms with E-state index >= 15 is 0 Å². The number of aryl methyl sites for hydroxylation is 2. The summed E-state index contributed by atoms with van der Waals surface area (Å²) in [5, 5.41) is 0. The molecule has 24 heavy (non-hydrogen) atoms. The van der Waals surface area contributed by atoms with Gasteiger partial charge in [-0.25, -0.2) is 0 Å². The Bertz CT molecular complexity index is 576. The van der Waals surface area contributed by atoms with Crippen LogP contribution in [0, 0.1) is 12.8 Å². The van der Waals surface area contributed by atoms with Gasteiger partial charge < -0.3 is 0 Å². The molecular weight excluding hydrogens is 288 g/mol. The molecule has 2 aromatic rings. The molecule has 0 heteroatoms. The zero-order chi connectivity index (χ0) is 17.4. The van der Waals surface area contributed by atoms with Crippen molar-refractivity contribution in [2.75, 3.05) is 0 Å². The van der Waals surface area contributed by atoms with Gasteiger partial charge in [-0.3, -0.25) is 0 Å². The lowest BCUT2D eigenvalue weighted by Gasteiger charge is -2.28. The van der Waals surface area contributed by atoms with Gasteiger partial charge in [-0.05, 0) is 42.4 Å². The molecule has 2 atom stereocenters. The van der Waals surface area contributed by atoms with Crippen molar-refractivity contribution in [1.29, 1.82) is 0 Å². The van der Waals surface area contributed by atoms with Crippen LogP contribution in [0.25, 0.3) is 0 Å². The Kier molecular flexibility index (Phi) is 7.56. The maximum atomic E-state index is 2.38. The topological polar surface area (TPSA) is 0 Å². The molecule has 0 radical (unpaired) electrons. The normalized spacial score (nSPS) is 13.7. The highest BCUT2D eigenvalue weighted by Crippen LogP contribution is 2.37. The molecule has 0 saturated heterocycles. The predicted molar refractivity (Wildman–Crippen MR) is 107 cm³/mol. The van der Waals surface area contributed by atoms with Gasteiger partial charge in [0.2, 0.25) is 0 Å². The van der Waals surface area contributed by atoms with E-state index in [4.69, 9.17) is 0 Å². The fraction of sp³-hybridized carbons (Fsp3) is 0.500. The summed E-state index contributed by atoms with van der Waals surface area (Å²) >= 11 is 0. The number of rotatable bonds is 9. The maximum absolute atomic E-state index is 2.38. The molecule has 0 fully saturated rings. The Morgan fingerprint density at radius 1 is 0.750 bits per heavy atom. The van der Waals surface area contributed by atoms with Crippen LogP contribution in [0.4, 0.5) is 0 Å². The summed E-state index contributed by atoms with van der Waals surface area (Å²) in [5.74, 6) is 1.25. The number of unbranched alkanes of at least 4 members (excludes halogenated alkanes) is 1. The average molecular weight is 323 g/mol. The van der Waals surface area contributed by atoms with Gasteiger partial charge in [-0.2, -0.15) is 0 Å². The van der Waals surface area contributed by atoms with Gasteiger partial charge in [-0.15, -0.1) is 0 Å². The van der Waals surface area contributed by atoms with Gasteiger partial charge in [0.05, 0.1) is 0 Å². The van der Waals surface area contributed by atoms with E-state index in [1.54, 1.807) is 0 Å². The van der Waals surface area contributed by atoms with E-state index < -0.39 is 0 Å². The van der Waals surface area contributed by atoms with Crippen molar-refractivity contribution < 1.29 is 0 Å². The fourth-order valence-electron chi connectivity index (χ4n) is 3.76. The van der Waals surface area contributed by atoms with E-state index in [9.17, 15) is 0 Å². The van der Waals surface area contributed by atoms with Gasteiger partial charge in [-0.1, -0.05) is 101 Å². The molecule has 0 saturated carbocycles. The van der Waals surface area contributed by atoms with Crippen molar-refractivity contribution >= 4 is 0 Å². The molecule has 0 bridgehead atoms. The van der Waals surface area contributed by atoms with Gasteiger partial charge in [0.1, 0.15) is 0 Å². The predicted octanol–water partition coefficient (Wildman–Crippen LogP) is 7.30. The molecule has 0 N–H and O–H groups in total. The Morgan fingerprint density at radius 3 is 1.83 bits per heavy atom. The van der Waals surface area contributed by atoms with Crippen molar-refractivity contribution in [3.63, 3.8) is 0 Å². The highest BCUT2D eigenvalue weighted by molar-refractivity contribution is 5.36. The highest BCUT2D eigenvalue weighted by Gasteiger charge is 2.23. The smallest absolute Gasteiger partial charge is 0.0117 e. The number of benzene rings is 2. The molecule has 130 valence electrons. The number of hydrogen-bond acceptors (Lipinski definition) is 0. The quantitative estimate of drug-likeness (QED) is 0.454. The zero-order valence-electron chi connectivity index (χ0n) is 16.0. The second kappa shape index (κ2) is 9.67. The van der Waals surface area contributed by atoms with Crippen LogP contribution in [0.15, 0.2) is 48.5 Å². The summed E-state index contributed by atoms with van der Waals surface area (Å²) < 4.78 is 0. The van der Waals surface area contributed by atoms with Gasteiger partial charge in [0, 0.05) is 5.92 Å². The second-order valence-electron chi connectivity index (χ2n) is 7.19. The van der Waals surface area contributed by atoms with Crippen LogP contribution in [0.5, 0.6) is 0 Å². The van der Waals surface area contributed by atoms with E-state index in [0.29, 0.717) is 5.92 Å². The highest BCUT2D eigenvalue weighted by atomic mass is 14.3. The Hall–Kier alpha value is -1.56. The molecule has 2 aromatic carbocycles. The van der Waals surface area contributed by atoms with Crippen LogP contribution < -0.4 is 0 Å². The van der Waals surface area contributed by atoms with Crippen LogP contribution in [-0.2, 0) is 6.42 Å². The average Bonchev–Trinajstić information content (AvgIpc) is 2.61. The van der Waals surface area contributed by atoms with E-state index in [1.807, 2.05) is 0 Å². The van der Waals surface area contributed by atoms with Gasteiger partial charge in [0.25, 0.3) is 0 Å². The largest absolute Gasteiger partial charge is 0.0654 e. The summed E-state index contributed by atoms with van der Waals surface area (Å²) in [6, 6.07) is 18.6. The fourth-order valence-corrected chi connectivity index (χ4v) is 3.76. The maximum Gasteiger partial charge on any atom is 0.0117 e. The number of hydrogen-bond donors (Lipinski definition) is 0. The Balaban J connectivity index is 2.35. The second-order valence-corrected chi connectivity index (χ2v) is 7.19. The van der Waals surface area contributed by atoms with Crippen LogP contribution >= 0.6 is 0 Å². The van der Waals surface area contributed by atoms with Crippen molar-refractivity contribution in [2.24, 2.45) is 5.92 Å². The minimum atomic E-state index is 0.526. The molecule has 2 unspecified atom stereocenters. The van der Waals surface area contributed by atoms with Crippen LogP contribution in [-0.4, -0.2) is 0 Å². The van der Waals surface area contributed by atoms with Crippen molar-refractivity contribution in [2.45, 2.75) is 72.1 Å². The first kappa shape index (κ1) is 18.8. The Labute approximate surface area is 149 Å². The molecular formula is C24H34. The summed E-state index contributed by atoms with van der Waals surface area (Å²) in [6.07, 6.45) is 7.58. The summed E-state index contributed by atoms with van der Waals surface area (Å²) in [7, 11) is 0. The van der Waals surface area contributed by atoms with Gasteiger partial charge in [0.15, 0.2) is 0 Å². The molecule has 0 aromatic heterocycles. The molecule has 0 amide bonds. The summed E-state index contributed by atoms with van der Waals surface area (Å²) in [6.45, 7) is 9.08. The minimum absolute atomic E-state index is 0.526. The molecule has 0 aliphatic rings. The first-order valence-electron chi connectivity index (χ1n) is 9.84. The van der Waals surface area contributed by atoms with Crippen LogP contribution in [0.3, 0.4) is 0 Å². The molecule has 0 heterocycles. The lowest BCUT2D eigenvalue weighted by molar-refractivity contribution is 0.406.